The molecule has 1 aliphatic heterocycles. The van der Waals surface area contributed by atoms with Gasteiger partial charge in [-0.25, -0.2) is 4.98 Å². The number of imide groups is 1. The highest BCUT2D eigenvalue weighted by atomic mass is 35.5. The number of hydrogen-bond donors (Lipinski definition) is 1. The molecule has 2 amide bonds. The smallest absolute Gasteiger partial charge is 0.261 e. The van der Waals surface area contributed by atoms with Crippen LogP contribution in [0, 0.1) is 11.3 Å². The summed E-state index contributed by atoms with van der Waals surface area (Å²) in [5, 5.41) is 22.8. The molecule has 0 unspecified atom stereocenters. The molecule has 4 rings (SSSR count). The van der Waals surface area contributed by atoms with Crippen molar-refractivity contribution in [2.24, 2.45) is 0 Å². The molecule has 1 aromatic heterocycles. The number of halogens is 1. The van der Waals surface area contributed by atoms with Crippen molar-refractivity contribution in [3.63, 3.8) is 0 Å². The number of fused-ring (bicyclic) bond motifs is 1. The van der Waals surface area contributed by atoms with Gasteiger partial charge in [-0.1, -0.05) is 35.9 Å². The van der Waals surface area contributed by atoms with Gasteiger partial charge in [0.15, 0.2) is 0 Å². The van der Waals surface area contributed by atoms with Gasteiger partial charge in [-0.3, -0.25) is 14.5 Å². The van der Waals surface area contributed by atoms with Gasteiger partial charge in [0.05, 0.1) is 16.8 Å². The van der Waals surface area contributed by atoms with Gasteiger partial charge in [0.1, 0.15) is 22.4 Å². The van der Waals surface area contributed by atoms with Crippen molar-refractivity contribution in [2.75, 3.05) is 6.54 Å². The molecule has 0 bridgehead atoms. The second kappa shape index (κ2) is 8.11. The molecule has 0 fully saturated rings. The number of nitrogens with zero attached hydrogens (tertiary/aromatic N) is 3. The first-order valence-electron chi connectivity index (χ1n) is 8.99. The molecular formula is C22H14ClN3O3S. The second-order valence-corrected chi connectivity index (χ2v) is 7.83. The number of aliphatic hydroxyl groups excluding tert-OH is 1. The van der Waals surface area contributed by atoms with Crippen LogP contribution in [0.15, 0.2) is 59.7 Å². The van der Waals surface area contributed by atoms with E-state index in [0.717, 1.165) is 10.5 Å². The third kappa shape index (κ3) is 3.59. The van der Waals surface area contributed by atoms with Crippen molar-refractivity contribution >= 4 is 40.3 Å². The monoisotopic (exact) mass is 435 g/mol. The number of rotatable bonds is 5. The van der Waals surface area contributed by atoms with E-state index in [9.17, 15) is 20.0 Å². The fourth-order valence-electron chi connectivity index (χ4n) is 3.16. The standard InChI is InChI=1S/C22H14ClN3O3S/c23-14-7-5-13(6-8-14)18-12-30-20(25-18)17(11-24)19(27)9-10-26-21(28)15-3-1-2-4-16(15)22(26)29/h1-8,12,27H,9-10H2. The van der Waals surface area contributed by atoms with Gasteiger partial charge in [-0.2, -0.15) is 5.26 Å². The molecule has 3 aromatic rings. The van der Waals surface area contributed by atoms with Crippen LogP contribution in [0.3, 0.4) is 0 Å². The topological polar surface area (TPSA) is 94.3 Å². The maximum absolute atomic E-state index is 12.4. The van der Waals surface area contributed by atoms with Crippen molar-refractivity contribution in [3.05, 3.63) is 80.8 Å². The molecule has 0 saturated carbocycles. The average molecular weight is 436 g/mol. The predicted octanol–water partition coefficient (Wildman–Crippen LogP) is 4.94. The van der Waals surface area contributed by atoms with E-state index in [0.29, 0.717) is 26.9 Å². The van der Waals surface area contributed by atoms with Crippen LogP contribution in [0.4, 0.5) is 0 Å². The highest BCUT2D eigenvalue weighted by Crippen LogP contribution is 2.29. The quantitative estimate of drug-likeness (QED) is 0.348. The van der Waals surface area contributed by atoms with Gasteiger partial charge in [0.2, 0.25) is 0 Å². The van der Waals surface area contributed by atoms with E-state index in [4.69, 9.17) is 11.6 Å². The molecule has 0 aliphatic carbocycles. The summed E-state index contributed by atoms with van der Waals surface area (Å²) in [6.07, 6.45) is -0.0375. The van der Waals surface area contributed by atoms with Crippen LogP contribution < -0.4 is 0 Å². The van der Waals surface area contributed by atoms with E-state index < -0.39 is 11.8 Å². The molecular weight excluding hydrogens is 422 g/mol. The number of carbonyl (C=O) groups excluding carboxylic acids is 2. The lowest BCUT2D eigenvalue weighted by molar-refractivity contribution is 0.0652. The molecule has 0 radical (unpaired) electrons. The number of aliphatic hydroxyl groups is 1. The normalized spacial score (nSPS) is 13.8. The Hall–Kier alpha value is -3.47. The summed E-state index contributed by atoms with van der Waals surface area (Å²) in [5.41, 5.74) is 2.21. The number of aromatic nitrogens is 1. The number of amides is 2. The van der Waals surface area contributed by atoms with Crippen LogP contribution in [0.2, 0.25) is 5.02 Å². The minimum absolute atomic E-state index is 0.0248. The molecule has 0 spiro atoms. The summed E-state index contributed by atoms with van der Waals surface area (Å²) in [7, 11) is 0. The van der Waals surface area contributed by atoms with Crippen LogP contribution in [0.25, 0.3) is 16.8 Å². The summed E-state index contributed by atoms with van der Waals surface area (Å²) >= 11 is 7.13. The fraction of sp³-hybridized carbons (Fsp3) is 0.0909. The second-order valence-electron chi connectivity index (χ2n) is 6.54. The van der Waals surface area contributed by atoms with Crippen molar-refractivity contribution in [3.8, 4) is 17.3 Å². The van der Waals surface area contributed by atoms with E-state index in [1.54, 1.807) is 41.8 Å². The zero-order valence-electron chi connectivity index (χ0n) is 15.5. The molecule has 1 N–H and O–H groups in total. The largest absolute Gasteiger partial charge is 0.511 e. The molecule has 6 nitrogen and oxygen atoms in total. The van der Waals surface area contributed by atoms with E-state index in [-0.39, 0.29) is 24.3 Å². The molecule has 1 aliphatic rings. The molecule has 0 saturated heterocycles. The third-order valence-corrected chi connectivity index (χ3v) is 5.82. The minimum Gasteiger partial charge on any atom is -0.511 e. The van der Waals surface area contributed by atoms with E-state index in [2.05, 4.69) is 4.98 Å². The molecule has 0 atom stereocenters. The first-order valence-corrected chi connectivity index (χ1v) is 10.2. The van der Waals surface area contributed by atoms with Gasteiger partial charge >= 0.3 is 0 Å². The summed E-state index contributed by atoms with van der Waals surface area (Å²) in [5.74, 6) is -1.02. The van der Waals surface area contributed by atoms with E-state index >= 15 is 0 Å². The van der Waals surface area contributed by atoms with Gasteiger partial charge in [-0.05, 0) is 24.3 Å². The Morgan fingerprint density at radius 2 is 1.73 bits per heavy atom. The zero-order chi connectivity index (χ0) is 21.3. The molecule has 2 heterocycles. The molecule has 148 valence electrons. The van der Waals surface area contributed by atoms with Crippen molar-refractivity contribution in [1.29, 1.82) is 5.26 Å². The Morgan fingerprint density at radius 3 is 2.33 bits per heavy atom. The van der Waals surface area contributed by atoms with Crippen LogP contribution in [0.5, 0.6) is 0 Å². The maximum atomic E-state index is 12.4. The van der Waals surface area contributed by atoms with Crippen molar-refractivity contribution < 1.29 is 14.7 Å². The number of hydrogen-bond acceptors (Lipinski definition) is 6. The van der Waals surface area contributed by atoms with Crippen molar-refractivity contribution in [2.45, 2.75) is 6.42 Å². The van der Waals surface area contributed by atoms with Crippen LogP contribution in [-0.2, 0) is 0 Å². The van der Waals surface area contributed by atoms with Gasteiger partial charge in [-0.15, -0.1) is 11.3 Å². The summed E-state index contributed by atoms with van der Waals surface area (Å²) < 4.78 is 0. The first-order chi connectivity index (χ1) is 14.5. The maximum Gasteiger partial charge on any atom is 0.261 e. The fourth-order valence-corrected chi connectivity index (χ4v) is 4.13. The molecule has 8 heteroatoms. The lowest BCUT2D eigenvalue weighted by atomic mass is 10.1. The number of thiazole rings is 1. The minimum atomic E-state index is -0.402. The zero-order valence-corrected chi connectivity index (χ0v) is 17.1. The number of benzene rings is 2. The van der Waals surface area contributed by atoms with Crippen LogP contribution in [0.1, 0.15) is 32.1 Å². The van der Waals surface area contributed by atoms with Crippen molar-refractivity contribution in [1.82, 2.24) is 9.88 Å². The van der Waals surface area contributed by atoms with E-state index in [1.807, 2.05) is 18.2 Å². The lowest BCUT2D eigenvalue weighted by Gasteiger charge is -2.13. The van der Waals surface area contributed by atoms with Gasteiger partial charge in [0, 0.05) is 28.9 Å². The van der Waals surface area contributed by atoms with Gasteiger partial charge in [0.25, 0.3) is 11.8 Å². The molecule has 30 heavy (non-hydrogen) atoms. The van der Waals surface area contributed by atoms with Gasteiger partial charge < -0.3 is 5.11 Å². The Labute approximate surface area is 181 Å². The summed E-state index contributed by atoms with van der Waals surface area (Å²) in [6.45, 7) is -0.0290. The predicted molar refractivity (Wildman–Crippen MR) is 114 cm³/mol. The Balaban J connectivity index is 1.53. The van der Waals surface area contributed by atoms with E-state index in [1.165, 1.54) is 11.3 Å². The Kier molecular flexibility index (Phi) is 5.36. The van der Waals surface area contributed by atoms with Crippen LogP contribution >= 0.6 is 22.9 Å². The number of carbonyl (C=O) groups is 2. The number of allylic oxidation sites excluding steroid dienone is 1. The van der Waals surface area contributed by atoms with Crippen LogP contribution in [-0.4, -0.2) is 33.3 Å². The SMILES string of the molecule is N#CC(=C(O)CCN1C(=O)c2ccccc2C1=O)c1nc(-c2ccc(Cl)cc2)cs1. The summed E-state index contributed by atoms with van der Waals surface area (Å²) in [6, 6.07) is 15.7. The Bertz CT molecular complexity index is 1190. The first kappa shape index (κ1) is 19.8. The Morgan fingerprint density at radius 1 is 1.10 bits per heavy atom. The molecule has 2 aromatic carbocycles. The highest BCUT2D eigenvalue weighted by Gasteiger charge is 2.34. The lowest BCUT2D eigenvalue weighted by Crippen LogP contribution is -2.31. The number of nitriles is 1. The average Bonchev–Trinajstić information content (AvgIpc) is 3.32. The summed E-state index contributed by atoms with van der Waals surface area (Å²) in [4.78, 5) is 30.4. The third-order valence-electron chi connectivity index (χ3n) is 4.71. The highest BCUT2D eigenvalue weighted by molar-refractivity contribution is 7.11.